The van der Waals surface area contributed by atoms with Crippen molar-refractivity contribution in [1.82, 2.24) is 5.32 Å². The molecule has 0 spiro atoms. The van der Waals surface area contributed by atoms with Crippen molar-refractivity contribution >= 4 is 21.8 Å². The first kappa shape index (κ1) is 13.6. The smallest absolute Gasteiger partial charge is 0.240 e. The van der Waals surface area contributed by atoms with E-state index in [2.05, 4.69) is 21.2 Å². The van der Waals surface area contributed by atoms with Crippen molar-refractivity contribution < 1.29 is 4.79 Å². The molecule has 1 fully saturated rings. The van der Waals surface area contributed by atoms with Crippen LogP contribution in [0.5, 0.6) is 0 Å². The summed E-state index contributed by atoms with van der Waals surface area (Å²) in [5, 5.41) is 3.03. The van der Waals surface area contributed by atoms with Gasteiger partial charge < -0.3 is 11.1 Å². The zero-order valence-electron chi connectivity index (χ0n) is 10.6. The Morgan fingerprint density at radius 3 is 2.61 bits per heavy atom. The largest absolute Gasteiger partial charge is 0.348 e. The fraction of sp³-hybridized carbons (Fsp3) is 0.500. The SMILES string of the molecule is C[C@H](NC(=O)C1(N)CCCC1)c1ccccc1Br. The molecular formula is C14H19BrN2O. The Labute approximate surface area is 116 Å². The highest BCUT2D eigenvalue weighted by atomic mass is 79.9. The average molecular weight is 311 g/mol. The van der Waals surface area contributed by atoms with Crippen LogP contribution in [0.1, 0.15) is 44.2 Å². The van der Waals surface area contributed by atoms with E-state index >= 15 is 0 Å². The number of amides is 1. The lowest BCUT2D eigenvalue weighted by Crippen LogP contribution is -2.52. The quantitative estimate of drug-likeness (QED) is 0.902. The third kappa shape index (κ3) is 2.75. The van der Waals surface area contributed by atoms with Crippen molar-refractivity contribution in [2.75, 3.05) is 0 Å². The normalized spacial score (nSPS) is 19.5. The summed E-state index contributed by atoms with van der Waals surface area (Å²) < 4.78 is 1.01. The van der Waals surface area contributed by atoms with Gasteiger partial charge in [-0.25, -0.2) is 0 Å². The first-order chi connectivity index (χ1) is 8.53. The summed E-state index contributed by atoms with van der Waals surface area (Å²) in [6.07, 6.45) is 3.68. The molecule has 0 heterocycles. The number of hydrogen-bond acceptors (Lipinski definition) is 2. The number of nitrogens with one attached hydrogen (secondary N) is 1. The minimum Gasteiger partial charge on any atom is -0.348 e. The van der Waals surface area contributed by atoms with Gasteiger partial charge in [0.15, 0.2) is 0 Å². The van der Waals surface area contributed by atoms with Crippen LogP contribution in [0.25, 0.3) is 0 Å². The number of hydrogen-bond donors (Lipinski definition) is 2. The molecule has 1 atom stereocenters. The summed E-state index contributed by atoms with van der Waals surface area (Å²) in [6.45, 7) is 1.98. The highest BCUT2D eigenvalue weighted by molar-refractivity contribution is 9.10. The predicted octanol–water partition coefficient (Wildman–Crippen LogP) is 2.90. The van der Waals surface area contributed by atoms with Gasteiger partial charge in [-0.3, -0.25) is 4.79 Å². The van der Waals surface area contributed by atoms with Gasteiger partial charge in [0.05, 0.1) is 11.6 Å². The second-order valence-electron chi connectivity index (χ2n) is 5.08. The predicted molar refractivity (Wildman–Crippen MR) is 76.1 cm³/mol. The summed E-state index contributed by atoms with van der Waals surface area (Å²) in [5.41, 5.74) is 6.56. The van der Waals surface area contributed by atoms with Crippen LogP contribution in [0.4, 0.5) is 0 Å². The van der Waals surface area contributed by atoms with Crippen molar-refractivity contribution in [2.45, 2.75) is 44.2 Å². The van der Waals surface area contributed by atoms with Gasteiger partial charge in [0.25, 0.3) is 0 Å². The van der Waals surface area contributed by atoms with E-state index in [1.807, 2.05) is 31.2 Å². The van der Waals surface area contributed by atoms with E-state index in [1.165, 1.54) is 0 Å². The molecule has 0 saturated heterocycles. The summed E-state index contributed by atoms with van der Waals surface area (Å²) >= 11 is 3.50. The molecule has 0 bridgehead atoms. The molecule has 0 aliphatic heterocycles. The molecule has 0 unspecified atom stereocenters. The minimum atomic E-state index is -0.657. The average Bonchev–Trinajstić information content (AvgIpc) is 2.78. The fourth-order valence-electron chi connectivity index (χ4n) is 2.48. The Hall–Kier alpha value is -0.870. The Kier molecular flexibility index (Phi) is 4.07. The van der Waals surface area contributed by atoms with Gasteiger partial charge in [-0.2, -0.15) is 0 Å². The molecule has 0 radical (unpaired) electrons. The zero-order chi connectivity index (χ0) is 13.2. The molecule has 1 amide bonds. The number of carbonyl (C=O) groups excluding carboxylic acids is 1. The van der Waals surface area contributed by atoms with Crippen LogP contribution >= 0.6 is 15.9 Å². The standard InChI is InChI=1S/C14H19BrN2O/c1-10(11-6-2-3-7-12(11)15)17-13(18)14(16)8-4-5-9-14/h2-3,6-7,10H,4-5,8-9,16H2,1H3,(H,17,18)/t10-/m0/s1. The van der Waals surface area contributed by atoms with Gasteiger partial charge in [-0.05, 0) is 31.4 Å². The molecule has 3 nitrogen and oxygen atoms in total. The Bertz CT molecular complexity index is 441. The topological polar surface area (TPSA) is 55.1 Å². The second-order valence-corrected chi connectivity index (χ2v) is 5.93. The first-order valence-corrected chi connectivity index (χ1v) is 7.16. The number of nitrogens with two attached hydrogens (primary N) is 1. The second kappa shape index (κ2) is 5.41. The highest BCUT2D eigenvalue weighted by Crippen LogP contribution is 2.29. The van der Waals surface area contributed by atoms with E-state index in [0.29, 0.717) is 0 Å². The lowest BCUT2D eigenvalue weighted by atomic mass is 9.97. The summed E-state index contributed by atoms with van der Waals surface area (Å²) in [7, 11) is 0. The minimum absolute atomic E-state index is 0.0248. The number of carbonyl (C=O) groups is 1. The van der Waals surface area contributed by atoms with Gasteiger partial charge >= 0.3 is 0 Å². The summed E-state index contributed by atoms with van der Waals surface area (Å²) in [5.74, 6) is -0.0248. The first-order valence-electron chi connectivity index (χ1n) is 6.37. The van der Waals surface area contributed by atoms with E-state index < -0.39 is 5.54 Å². The summed E-state index contributed by atoms with van der Waals surface area (Å²) in [6, 6.07) is 7.88. The van der Waals surface area contributed by atoms with E-state index in [-0.39, 0.29) is 11.9 Å². The van der Waals surface area contributed by atoms with Gasteiger partial charge in [-0.1, -0.05) is 47.0 Å². The van der Waals surface area contributed by atoms with Crippen LogP contribution in [0.2, 0.25) is 0 Å². The third-order valence-corrected chi connectivity index (χ3v) is 4.39. The molecule has 1 saturated carbocycles. The van der Waals surface area contributed by atoms with Crippen molar-refractivity contribution in [3.05, 3.63) is 34.3 Å². The van der Waals surface area contributed by atoms with Crippen LogP contribution in [0.3, 0.4) is 0 Å². The van der Waals surface area contributed by atoms with Crippen LogP contribution < -0.4 is 11.1 Å². The van der Waals surface area contributed by atoms with Gasteiger partial charge in [0.1, 0.15) is 0 Å². The molecule has 2 rings (SSSR count). The van der Waals surface area contributed by atoms with Gasteiger partial charge in [-0.15, -0.1) is 0 Å². The zero-order valence-corrected chi connectivity index (χ0v) is 12.2. The lowest BCUT2D eigenvalue weighted by Gasteiger charge is -2.25. The van der Waals surface area contributed by atoms with Crippen molar-refractivity contribution in [3.8, 4) is 0 Å². The maximum Gasteiger partial charge on any atom is 0.240 e. The molecule has 0 aromatic heterocycles. The van der Waals surface area contributed by atoms with E-state index in [0.717, 1.165) is 35.7 Å². The monoisotopic (exact) mass is 310 g/mol. The van der Waals surface area contributed by atoms with Crippen LogP contribution in [-0.4, -0.2) is 11.4 Å². The van der Waals surface area contributed by atoms with E-state index in [1.54, 1.807) is 0 Å². The number of benzene rings is 1. The van der Waals surface area contributed by atoms with Gasteiger partial charge in [0, 0.05) is 4.47 Å². The molecule has 1 aliphatic rings. The number of rotatable bonds is 3. The van der Waals surface area contributed by atoms with Crippen molar-refractivity contribution in [2.24, 2.45) is 5.73 Å². The fourth-order valence-corrected chi connectivity index (χ4v) is 3.11. The lowest BCUT2D eigenvalue weighted by molar-refractivity contribution is -0.126. The van der Waals surface area contributed by atoms with Crippen LogP contribution in [0, 0.1) is 0 Å². The third-order valence-electron chi connectivity index (χ3n) is 3.67. The van der Waals surface area contributed by atoms with Crippen LogP contribution in [-0.2, 0) is 4.79 Å². The van der Waals surface area contributed by atoms with Crippen molar-refractivity contribution in [3.63, 3.8) is 0 Å². The molecule has 3 N–H and O–H groups in total. The van der Waals surface area contributed by atoms with Crippen LogP contribution in [0.15, 0.2) is 28.7 Å². The molecule has 4 heteroatoms. The Morgan fingerprint density at radius 1 is 1.39 bits per heavy atom. The molecular weight excluding hydrogens is 292 g/mol. The summed E-state index contributed by atoms with van der Waals surface area (Å²) in [4.78, 5) is 12.2. The Balaban J connectivity index is 2.06. The Morgan fingerprint density at radius 2 is 2.00 bits per heavy atom. The van der Waals surface area contributed by atoms with Crippen molar-refractivity contribution in [1.29, 1.82) is 0 Å². The molecule has 1 aliphatic carbocycles. The maximum atomic E-state index is 12.2. The maximum absolute atomic E-state index is 12.2. The highest BCUT2D eigenvalue weighted by Gasteiger charge is 2.37. The number of halogens is 1. The van der Waals surface area contributed by atoms with E-state index in [9.17, 15) is 4.79 Å². The van der Waals surface area contributed by atoms with E-state index in [4.69, 9.17) is 5.73 Å². The van der Waals surface area contributed by atoms with Gasteiger partial charge in [0.2, 0.25) is 5.91 Å². The molecule has 1 aromatic rings. The molecule has 98 valence electrons. The molecule has 1 aromatic carbocycles. The molecule has 18 heavy (non-hydrogen) atoms.